The lowest BCUT2D eigenvalue weighted by Crippen LogP contribution is -2.29. The molecule has 1 aromatic carbocycles. The van der Waals surface area contributed by atoms with Crippen LogP contribution in [0.1, 0.15) is 6.42 Å². The van der Waals surface area contributed by atoms with Crippen molar-refractivity contribution in [3.05, 3.63) is 61.1 Å². The Morgan fingerprint density at radius 2 is 2.04 bits per heavy atom. The lowest BCUT2D eigenvalue weighted by atomic mass is 10.4. The van der Waals surface area contributed by atoms with Crippen molar-refractivity contribution in [1.29, 1.82) is 0 Å². The predicted octanol–water partition coefficient (Wildman–Crippen LogP) is 3.11. The summed E-state index contributed by atoms with van der Waals surface area (Å²) in [4.78, 5) is 20.9. The van der Waals surface area contributed by atoms with Crippen molar-refractivity contribution in [1.82, 2.24) is 25.1 Å². The van der Waals surface area contributed by atoms with E-state index in [9.17, 15) is 9.18 Å². The van der Waals surface area contributed by atoms with Gasteiger partial charge in [0.15, 0.2) is 5.82 Å². The van der Waals surface area contributed by atoms with E-state index in [0.29, 0.717) is 18.1 Å². The highest BCUT2D eigenvalue weighted by Gasteiger charge is 2.03. The summed E-state index contributed by atoms with van der Waals surface area (Å²) in [5, 5.41) is 9.50. The smallest absolute Gasteiger partial charge is 0.319 e. The van der Waals surface area contributed by atoms with E-state index >= 15 is 0 Å². The first-order valence-corrected chi connectivity index (χ1v) is 8.93. The van der Waals surface area contributed by atoms with Crippen LogP contribution in [0.25, 0.3) is 5.82 Å². The van der Waals surface area contributed by atoms with E-state index < -0.39 is 0 Å². The second-order valence-corrected chi connectivity index (χ2v) is 6.45. The van der Waals surface area contributed by atoms with E-state index in [1.54, 1.807) is 48.6 Å². The Labute approximate surface area is 154 Å². The molecule has 0 fully saturated rings. The molecule has 2 aromatic heterocycles. The summed E-state index contributed by atoms with van der Waals surface area (Å²) in [5.74, 6) is 1.21. The van der Waals surface area contributed by atoms with Crippen LogP contribution < -0.4 is 10.6 Å². The number of halogens is 1. The van der Waals surface area contributed by atoms with Gasteiger partial charge in [-0.15, -0.1) is 11.8 Å². The van der Waals surface area contributed by atoms with Crippen LogP contribution in [-0.4, -0.2) is 38.1 Å². The third-order valence-electron chi connectivity index (χ3n) is 3.35. The Bertz CT molecular complexity index is 823. The first kappa shape index (κ1) is 17.9. The SMILES string of the molecule is O=C(NCCCSc1ccc(F)cc1)Nc1ccc(-n2cncn2)nc1. The number of pyridine rings is 1. The van der Waals surface area contributed by atoms with Crippen LogP contribution in [0.3, 0.4) is 0 Å². The number of aromatic nitrogens is 4. The van der Waals surface area contributed by atoms with Crippen LogP contribution in [-0.2, 0) is 0 Å². The topological polar surface area (TPSA) is 84.7 Å². The number of thioether (sulfide) groups is 1. The third kappa shape index (κ3) is 5.28. The fourth-order valence-corrected chi connectivity index (χ4v) is 2.95. The maximum Gasteiger partial charge on any atom is 0.319 e. The van der Waals surface area contributed by atoms with Crippen molar-refractivity contribution in [2.45, 2.75) is 11.3 Å². The van der Waals surface area contributed by atoms with Crippen molar-refractivity contribution in [3.8, 4) is 5.82 Å². The van der Waals surface area contributed by atoms with Gasteiger partial charge in [-0.1, -0.05) is 0 Å². The highest BCUT2D eigenvalue weighted by molar-refractivity contribution is 7.99. The molecule has 3 rings (SSSR count). The summed E-state index contributed by atoms with van der Waals surface area (Å²) in [6.07, 6.45) is 5.33. The molecule has 3 aromatic rings. The van der Waals surface area contributed by atoms with Crippen LogP contribution in [0.4, 0.5) is 14.9 Å². The van der Waals surface area contributed by atoms with Gasteiger partial charge in [0.05, 0.1) is 11.9 Å². The molecule has 2 amide bonds. The van der Waals surface area contributed by atoms with Crippen molar-refractivity contribution in [2.24, 2.45) is 0 Å². The van der Waals surface area contributed by atoms with Gasteiger partial charge < -0.3 is 10.6 Å². The number of nitrogens with one attached hydrogen (secondary N) is 2. The zero-order valence-electron chi connectivity index (χ0n) is 13.8. The molecule has 0 aliphatic carbocycles. The van der Waals surface area contributed by atoms with Crippen molar-refractivity contribution in [2.75, 3.05) is 17.6 Å². The van der Waals surface area contributed by atoms with Crippen LogP contribution in [0.15, 0.2) is 60.1 Å². The molecule has 26 heavy (non-hydrogen) atoms. The van der Waals surface area contributed by atoms with E-state index in [2.05, 4.69) is 25.7 Å². The summed E-state index contributed by atoms with van der Waals surface area (Å²) in [5.41, 5.74) is 0.590. The van der Waals surface area contributed by atoms with Crippen LogP contribution >= 0.6 is 11.8 Å². The average Bonchev–Trinajstić information content (AvgIpc) is 3.18. The second kappa shape index (κ2) is 8.95. The minimum atomic E-state index is -0.285. The quantitative estimate of drug-likeness (QED) is 0.492. The van der Waals surface area contributed by atoms with Gasteiger partial charge in [0.2, 0.25) is 0 Å². The number of hydrogen-bond acceptors (Lipinski definition) is 5. The monoisotopic (exact) mass is 372 g/mol. The Kier molecular flexibility index (Phi) is 6.15. The molecule has 2 heterocycles. The number of anilines is 1. The van der Waals surface area contributed by atoms with E-state index in [1.165, 1.54) is 23.1 Å². The van der Waals surface area contributed by atoms with Crippen molar-refractivity contribution < 1.29 is 9.18 Å². The number of amides is 2. The fourth-order valence-electron chi connectivity index (χ4n) is 2.09. The van der Waals surface area contributed by atoms with Gasteiger partial charge in [-0.25, -0.2) is 23.8 Å². The molecule has 0 saturated heterocycles. The van der Waals surface area contributed by atoms with Gasteiger partial charge in [0.1, 0.15) is 18.5 Å². The summed E-state index contributed by atoms with van der Waals surface area (Å²) in [6, 6.07) is 9.57. The number of carbonyl (C=O) groups is 1. The number of urea groups is 1. The van der Waals surface area contributed by atoms with Crippen molar-refractivity contribution in [3.63, 3.8) is 0 Å². The molecular weight excluding hydrogens is 355 g/mol. The highest BCUT2D eigenvalue weighted by Crippen LogP contribution is 2.18. The molecule has 0 atom stereocenters. The van der Waals surface area contributed by atoms with Crippen LogP contribution in [0, 0.1) is 5.82 Å². The first-order valence-electron chi connectivity index (χ1n) is 7.95. The minimum Gasteiger partial charge on any atom is -0.338 e. The van der Waals surface area contributed by atoms with Crippen molar-refractivity contribution >= 4 is 23.5 Å². The van der Waals surface area contributed by atoms with E-state index in [-0.39, 0.29) is 11.8 Å². The van der Waals surface area contributed by atoms with Gasteiger partial charge >= 0.3 is 6.03 Å². The van der Waals surface area contributed by atoms with Gasteiger partial charge in [-0.05, 0) is 48.6 Å². The standard InChI is InChI=1S/C17H17FN6OS/c18-13-2-5-15(6-3-13)26-9-1-8-20-17(25)23-14-4-7-16(21-10-14)24-12-19-11-22-24/h2-7,10-12H,1,8-9H2,(H2,20,23,25). The summed E-state index contributed by atoms with van der Waals surface area (Å²) in [7, 11) is 0. The van der Waals surface area contributed by atoms with E-state index in [0.717, 1.165) is 17.1 Å². The van der Waals surface area contributed by atoms with E-state index in [1.807, 2.05) is 0 Å². The average molecular weight is 372 g/mol. The lowest BCUT2D eigenvalue weighted by Gasteiger charge is -2.08. The van der Waals surface area contributed by atoms with Gasteiger partial charge in [0.25, 0.3) is 0 Å². The molecule has 7 nitrogen and oxygen atoms in total. The van der Waals surface area contributed by atoms with E-state index in [4.69, 9.17) is 0 Å². The largest absolute Gasteiger partial charge is 0.338 e. The normalized spacial score (nSPS) is 10.5. The minimum absolute atomic E-state index is 0.239. The first-order chi connectivity index (χ1) is 12.7. The summed E-state index contributed by atoms with van der Waals surface area (Å²) in [6.45, 7) is 0.546. The number of hydrogen-bond donors (Lipinski definition) is 2. The Balaban J connectivity index is 1.35. The highest BCUT2D eigenvalue weighted by atomic mass is 32.2. The summed E-state index contributed by atoms with van der Waals surface area (Å²) >= 11 is 1.62. The Morgan fingerprint density at radius 1 is 1.19 bits per heavy atom. The molecular formula is C17H17FN6OS. The van der Waals surface area contributed by atoms with Gasteiger partial charge in [-0.3, -0.25) is 0 Å². The van der Waals surface area contributed by atoms with Crippen LogP contribution in [0.5, 0.6) is 0 Å². The second-order valence-electron chi connectivity index (χ2n) is 5.28. The van der Waals surface area contributed by atoms with Gasteiger partial charge in [-0.2, -0.15) is 5.10 Å². The Hall–Kier alpha value is -2.94. The van der Waals surface area contributed by atoms with Crippen LogP contribution in [0.2, 0.25) is 0 Å². The zero-order valence-corrected chi connectivity index (χ0v) is 14.6. The third-order valence-corrected chi connectivity index (χ3v) is 4.45. The molecule has 0 unspecified atom stereocenters. The number of carbonyl (C=O) groups excluding carboxylic acids is 1. The molecule has 0 spiro atoms. The van der Waals surface area contributed by atoms with Gasteiger partial charge in [0, 0.05) is 11.4 Å². The molecule has 134 valence electrons. The Morgan fingerprint density at radius 3 is 2.73 bits per heavy atom. The number of nitrogens with zero attached hydrogens (tertiary/aromatic N) is 4. The fraction of sp³-hybridized carbons (Fsp3) is 0.176. The number of benzene rings is 1. The lowest BCUT2D eigenvalue weighted by molar-refractivity contribution is 0.252. The molecule has 0 aliphatic heterocycles. The maximum atomic E-state index is 12.8. The maximum absolute atomic E-state index is 12.8. The molecule has 0 radical (unpaired) electrons. The molecule has 0 aliphatic rings. The molecule has 0 bridgehead atoms. The molecule has 2 N–H and O–H groups in total. The predicted molar refractivity (Wildman–Crippen MR) is 97.9 cm³/mol. The molecule has 9 heteroatoms. The zero-order chi connectivity index (χ0) is 18.2. The summed E-state index contributed by atoms with van der Waals surface area (Å²) < 4.78 is 14.3. The number of rotatable bonds is 7. The molecule has 0 saturated carbocycles.